The predicted molar refractivity (Wildman–Crippen MR) is 105 cm³/mol. The van der Waals surface area contributed by atoms with Crippen molar-refractivity contribution in [3.05, 3.63) is 69.8 Å². The third kappa shape index (κ3) is 2.93. The zero-order valence-electron chi connectivity index (χ0n) is 16.0. The van der Waals surface area contributed by atoms with Crippen molar-refractivity contribution in [1.29, 1.82) is 0 Å². The lowest BCUT2D eigenvalue weighted by atomic mass is 9.99. The Kier molecular flexibility index (Phi) is 4.60. The summed E-state index contributed by atoms with van der Waals surface area (Å²) in [5, 5.41) is 0.431. The number of carbonyl (C=O) groups excluding carboxylic acids is 1. The lowest BCUT2D eigenvalue weighted by molar-refractivity contribution is 0.0716. The minimum absolute atomic E-state index is 0.103. The Balaban J connectivity index is 1.93. The molecule has 2 aromatic heterocycles. The van der Waals surface area contributed by atoms with Crippen molar-refractivity contribution in [1.82, 2.24) is 14.8 Å². The number of hydrogen-bond acceptors (Lipinski definition) is 6. The van der Waals surface area contributed by atoms with Gasteiger partial charge in [0.2, 0.25) is 5.76 Å². The Labute approximate surface area is 162 Å². The van der Waals surface area contributed by atoms with Crippen LogP contribution in [0.1, 0.15) is 27.7 Å². The van der Waals surface area contributed by atoms with E-state index in [1.807, 2.05) is 31.1 Å². The van der Waals surface area contributed by atoms with E-state index in [9.17, 15) is 9.59 Å². The van der Waals surface area contributed by atoms with Crippen LogP contribution in [-0.2, 0) is 0 Å². The molecule has 3 heterocycles. The van der Waals surface area contributed by atoms with Gasteiger partial charge in [0.1, 0.15) is 11.3 Å². The summed E-state index contributed by atoms with van der Waals surface area (Å²) in [6.07, 6.45) is 3.32. The molecule has 1 aromatic carbocycles. The molecule has 0 spiro atoms. The Morgan fingerprint density at radius 3 is 2.61 bits per heavy atom. The molecule has 0 saturated heterocycles. The van der Waals surface area contributed by atoms with E-state index in [2.05, 4.69) is 4.98 Å². The zero-order chi connectivity index (χ0) is 19.8. The molecule has 0 aliphatic carbocycles. The van der Waals surface area contributed by atoms with Crippen molar-refractivity contribution in [2.24, 2.45) is 0 Å². The molecule has 0 fully saturated rings. The van der Waals surface area contributed by atoms with Gasteiger partial charge in [-0.15, -0.1) is 0 Å². The predicted octanol–water partition coefficient (Wildman–Crippen LogP) is 2.30. The van der Waals surface area contributed by atoms with Crippen molar-refractivity contribution >= 4 is 16.9 Å². The first-order valence-electron chi connectivity index (χ1n) is 9.01. The molecule has 0 saturated carbocycles. The Morgan fingerprint density at radius 1 is 1.18 bits per heavy atom. The van der Waals surface area contributed by atoms with Crippen molar-refractivity contribution in [3.8, 4) is 5.75 Å². The quantitative estimate of drug-likeness (QED) is 0.677. The first-order chi connectivity index (χ1) is 13.5. The van der Waals surface area contributed by atoms with E-state index in [0.29, 0.717) is 35.4 Å². The lowest BCUT2D eigenvalue weighted by Gasteiger charge is -2.26. The average molecular weight is 379 g/mol. The molecule has 0 radical (unpaired) electrons. The number of ether oxygens (including phenoxy) is 1. The fourth-order valence-corrected chi connectivity index (χ4v) is 3.56. The van der Waals surface area contributed by atoms with Crippen LogP contribution in [0.5, 0.6) is 5.75 Å². The Bertz CT molecular complexity index is 1090. The minimum atomic E-state index is -0.492. The zero-order valence-corrected chi connectivity index (χ0v) is 16.0. The summed E-state index contributed by atoms with van der Waals surface area (Å²) in [6, 6.07) is 8.19. The lowest BCUT2D eigenvalue weighted by Crippen LogP contribution is -2.35. The maximum Gasteiger partial charge on any atom is 0.290 e. The Hall–Kier alpha value is -3.19. The summed E-state index contributed by atoms with van der Waals surface area (Å²) in [4.78, 5) is 34.2. The van der Waals surface area contributed by atoms with E-state index in [0.717, 1.165) is 5.56 Å². The molecule has 1 aliphatic heterocycles. The number of carbonyl (C=O) groups is 1. The number of rotatable bonds is 5. The number of aromatic nitrogens is 1. The molecule has 1 atom stereocenters. The number of fused-ring (bicyclic) bond motifs is 2. The number of benzene rings is 1. The van der Waals surface area contributed by atoms with Crippen molar-refractivity contribution in [3.63, 3.8) is 0 Å². The highest BCUT2D eigenvalue weighted by Gasteiger charge is 2.42. The van der Waals surface area contributed by atoms with E-state index in [-0.39, 0.29) is 17.1 Å². The summed E-state index contributed by atoms with van der Waals surface area (Å²) < 4.78 is 11.1. The smallest absolute Gasteiger partial charge is 0.290 e. The molecule has 3 aromatic rings. The number of amides is 1. The van der Waals surface area contributed by atoms with Crippen LogP contribution in [-0.4, -0.2) is 55.0 Å². The van der Waals surface area contributed by atoms with Gasteiger partial charge in [0, 0.05) is 31.5 Å². The standard InChI is InChI=1S/C21H21N3O4/c1-23(2)10-11-24-18(13-6-8-22-9-7-13)17-19(25)15-5-4-14(27-3)12-16(15)28-20(17)21(24)26/h4-9,12,18H,10-11H2,1-3H3. The molecular formula is C21H21N3O4. The molecular weight excluding hydrogens is 358 g/mol. The third-order valence-corrected chi connectivity index (χ3v) is 4.98. The van der Waals surface area contributed by atoms with Gasteiger partial charge in [0.15, 0.2) is 5.43 Å². The molecule has 4 rings (SSSR count). The van der Waals surface area contributed by atoms with Crippen LogP contribution < -0.4 is 10.2 Å². The average Bonchev–Trinajstić information content (AvgIpc) is 2.99. The first-order valence-corrected chi connectivity index (χ1v) is 9.01. The number of nitrogens with zero attached hydrogens (tertiary/aromatic N) is 3. The van der Waals surface area contributed by atoms with Crippen LogP contribution in [0.15, 0.2) is 51.9 Å². The second-order valence-corrected chi connectivity index (χ2v) is 7.02. The molecule has 1 unspecified atom stereocenters. The molecule has 144 valence electrons. The maximum absolute atomic E-state index is 13.3. The van der Waals surface area contributed by atoms with Crippen LogP contribution >= 0.6 is 0 Å². The van der Waals surface area contributed by atoms with E-state index >= 15 is 0 Å². The topological polar surface area (TPSA) is 75.9 Å². The highest BCUT2D eigenvalue weighted by molar-refractivity contribution is 5.99. The molecule has 0 N–H and O–H groups in total. The van der Waals surface area contributed by atoms with Crippen LogP contribution in [0.3, 0.4) is 0 Å². The van der Waals surface area contributed by atoms with Gasteiger partial charge in [-0.1, -0.05) is 0 Å². The highest BCUT2D eigenvalue weighted by atomic mass is 16.5. The number of methoxy groups -OCH3 is 1. The third-order valence-electron chi connectivity index (χ3n) is 4.98. The van der Waals surface area contributed by atoms with Crippen molar-refractivity contribution in [2.75, 3.05) is 34.3 Å². The van der Waals surface area contributed by atoms with E-state index in [1.54, 1.807) is 42.6 Å². The summed E-state index contributed by atoms with van der Waals surface area (Å²) in [7, 11) is 5.43. The number of likely N-dealkylation sites (N-methyl/N-ethyl adjacent to an activating group) is 1. The van der Waals surface area contributed by atoms with Gasteiger partial charge in [-0.05, 0) is 43.9 Å². The van der Waals surface area contributed by atoms with Gasteiger partial charge in [-0.25, -0.2) is 0 Å². The van der Waals surface area contributed by atoms with Gasteiger partial charge in [-0.2, -0.15) is 0 Å². The minimum Gasteiger partial charge on any atom is -0.497 e. The molecule has 0 bridgehead atoms. The second kappa shape index (κ2) is 7.09. The SMILES string of the molecule is COc1ccc2c(=O)c3c(oc2c1)C(=O)N(CCN(C)C)C3c1ccncc1. The summed E-state index contributed by atoms with van der Waals surface area (Å²) in [6.45, 7) is 1.14. The van der Waals surface area contributed by atoms with Gasteiger partial charge in [0.05, 0.1) is 24.1 Å². The molecule has 7 heteroatoms. The van der Waals surface area contributed by atoms with Gasteiger partial charge < -0.3 is 19.0 Å². The fraction of sp³-hybridized carbons (Fsp3) is 0.286. The van der Waals surface area contributed by atoms with E-state index < -0.39 is 6.04 Å². The molecule has 1 aliphatic rings. The van der Waals surface area contributed by atoms with Crippen LogP contribution in [0.4, 0.5) is 0 Å². The molecule has 28 heavy (non-hydrogen) atoms. The number of pyridine rings is 1. The first kappa shape index (κ1) is 18.2. The summed E-state index contributed by atoms with van der Waals surface area (Å²) in [5.74, 6) is 0.392. The van der Waals surface area contributed by atoms with Crippen LogP contribution in [0.25, 0.3) is 11.0 Å². The summed E-state index contributed by atoms with van der Waals surface area (Å²) in [5.41, 5.74) is 1.37. The highest BCUT2D eigenvalue weighted by Crippen LogP contribution is 2.38. The molecule has 7 nitrogen and oxygen atoms in total. The maximum atomic E-state index is 13.3. The monoisotopic (exact) mass is 379 g/mol. The normalized spacial score (nSPS) is 16.1. The van der Waals surface area contributed by atoms with E-state index in [1.165, 1.54) is 0 Å². The van der Waals surface area contributed by atoms with Gasteiger partial charge in [-0.3, -0.25) is 14.6 Å². The molecule has 1 amide bonds. The van der Waals surface area contributed by atoms with Gasteiger partial charge in [0.25, 0.3) is 5.91 Å². The summed E-state index contributed by atoms with van der Waals surface area (Å²) >= 11 is 0. The van der Waals surface area contributed by atoms with Crippen molar-refractivity contribution in [2.45, 2.75) is 6.04 Å². The number of hydrogen-bond donors (Lipinski definition) is 0. The van der Waals surface area contributed by atoms with E-state index in [4.69, 9.17) is 9.15 Å². The van der Waals surface area contributed by atoms with Gasteiger partial charge >= 0.3 is 0 Å². The van der Waals surface area contributed by atoms with Crippen LogP contribution in [0.2, 0.25) is 0 Å². The Morgan fingerprint density at radius 2 is 1.93 bits per heavy atom. The van der Waals surface area contributed by atoms with Crippen molar-refractivity contribution < 1.29 is 13.9 Å². The van der Waals surface area contributed by atoms with Crippen LogP contribution in [0, 0.1) is 0 Å². The largest absolute Gasteiger partial charge is 0.497 e. The second-order valence-electron chi connectivity index (χ2n) is 7.02. The fourth-order valence-electron chi connectivity index (χ4n) is 3.56.